The maximum atomic E-state index is 4.52. The predicted octanol–water partition coefficient (Wildman–Crippen LogP) is 10.3. The predicted molar refractivity (Wildman–Crippen MR) is 171 cm³/mol. The second kappa shape index (κ2) is 8.08. The molecule has 0 amide bonds. The third-order valence-electron chi connectivity index (χ3n) is 8.50. The molecule has 10 aromatic rings. The second-order valence-electron chi connectivity index (χ2n) is 10.5. The number of rotatable bonds is 0. The lowest BCUT2D eigenvalue weighted by atomic mass is 9.91. The van der Waals surface area contributed by atoms with Crippen LogP contribution >= 0.6 is 0 Å². The first-order valence-electron chi connectivity index (χ1n) is 13.7. The SMILES string of the molecule is c1cc2cccc3c4ccnc5cccc(c(c1)c23)c54.c1cc2cccc3c4ccnc5cccc(c(c1)c23)c54. The Kier molecular flexibility index (Phi) is 4.36. The molecule has 8 aromatic carbocycles. The number of nitrogens with zero attached hydrogens (tertiary/aromatic N) is 2. The molecule has 0 fully saturated rings. The summed E-state index contributed by atoms with van der Waals surface area (Å²) < 4.78 is 0. The van der Waals surface area contributed by atoms with Gasteiger partial charge in [0.2, 0.25) is 0 Å². The molecule has 0 saturated carbocycles. The average Bonchev–Trinajstić information content (AvgIpc) is 3.02. The van der Waals surface area contributed by atoms with Crippen molar-refractivity contribution in [3.05, 3.63) is 134 Å². The molecular weight excluding hydrogens is 484 g/mol. The summed E-state index contributed by atoms with van der Waals surface area (Å²) in [7, 11) is 0. The molecule has 40 heavy (non-hydrogen) atoms. The summed E-state index contributed by atoms with van der Waals surface area (Å²) in [5.74, 6) is 0. The molecule has 0 atom stereocenters. The first-order valence-corrected chi connectivity index (χ1v) is 13.7. The van der Waals surface area contributed by atoms with Crippen molar-refractivity contribution in [2.24, 2.45) is 0 Å². The van der Waals surface area contributed by atoms with Gasteiger partial charge in [-0.3, -0.25) is 9.97 Å². The number of fused-ring (bicyclic) bond motifs is 4. The van der Waals surface area contributed by atoms with Gasteiger partial charge < -0.3 is 0 Å². The molecular formula is C38H22N2. The lowest BCUT2D eigenvalue weighted by Gasteiger charge is -2.13. The van der Waals surface area contributed by atoms with Crippen LogP contribution in [0.25, 0.3) is 86.4 Å². The van der Waals surface area contributed by atoms with Crippen LogP contribution in [-0.4, -0.2) is 9.97 Å². The molecule has 0 N–H and O–H groups in total. The monoisotopic (exact) mass is 506 g/mol. The van der Waals surface area contributed by atoms with Gasteiger partial charge in [0, 0.05) is 23.2 Å². The lowest BCUT2D eigenvalue weighted by Crippen LogP contribution is -1.87. The van der Waals surface area contributed by atoms with Gasteiger partial charge in [-0.15, -0.1) is 0 Å². The zero-order valence-electron chi connectivity index (χ0n) is 21.6. The minimum Gasteiger partial charge on any atom is -0.256 e. The Hall–Kier alpha value is -5.34. The fourth-order valence-corrected chi connectivity index (χ4v) is 6.89. The fraction of sp³-hybridized carbons (Fsp3) is 0. The Balaban J connectivity index is 0.000000115. The number of hydrogen-bond donors (Lipinski definition) is 0. The zero-order valence-corrected chi connectivity index (χ0v) is 21.6. The molecule has 0 bridgehead atoms. The van der Waals surface area contributed by atoms with Crippen molar-refractivity contribution in [1.82, 2.24) is 9.97 Å². The molecule has 0 saturated heterocycles. The van der Waals surface area contributed by atoms with Crippen molar-refractivity contribution >= 4 is 86.4 Å². The van der Waals surface area contributed by atoms with E-state index in [1.165, 1.54) is 75.4 Å². The minimum atomic E-state index is 1.08. The molecule has 2 aromatic heterocycles. The van der Waals surface area contributed by atoms with Gasteiger partial charge in [-0.25, -0.2) is 0 Å². The van der Waals surface area contributed by atoms with Crippen LogP contribution < -0.4 is 0 Å². The number of pyridine rings is 2. The normalized spacial score (nSPS) is 12.0. The summed E-state index contributed by atoms with van der Waals surface area (Å²) in [4.78, 5) is 9.04. The first kappa shape index (κ1) is 21.6. The van der Waals surface area contributed by atoms with Crippen LogP contribution in [-0.2, 0) is 0 Å². The Morgan fingerprint density at radius 3 is 0.950 bits per heavy atom. The van der Waals surface area contributed by atoms with Crippen molar-refractivity contribution in [2.45, 2.75) is 0 Å². The van der Waals surface area contributed by atoms with Crippen LogP contribution in [0.4, 0.5) is 0 Å². The topological polar surface area (TPSA) is 25.8 Å². The third-order valence-corrected chi connectivity index (χ3v) is 8.50. The van der Waals surface area contributed by atoms with Crippen LogP contribution in [0.2, 0.25) is 0 Å². The highest BCUT2D eigenvalue weighted by atomic mass is 14.6. The molecule has 0 radical (unpaired) electrons. The summed E-state index contributed by atoms with van der Waals surface area (Å²) in [5.41, 5.74) is 2.15. The average molecular weight is 507 g/mol. The zero-order chi connectivity index (χ0) is 26.2. The van der Waals surface area contributed by atoms with Gasteiger partial charge in [0.15, 0.2) is 0 Å². The van der Waals surface area contributed by atoms with Gasteiger partial charge in [-0.2, -0.15) is 0 Å². The van der Waals surface area contributed by atoms with E-state index in [0.29, 0.717) is 0 Å². The fourth-order valence-electron chi connectivity index (χ4n) is 6.89. The van der Waals surface area contributed by atoms with E-state index in [4.69, 9.17) is 0 Å². The van der Waals surface area contributed by atoms with E-state index in [2.05, 4.69) is 131 Å². The van der Waals surface area contributed by atoms with E-state index in [-0.39, 0.29) is 0 Å². The van der Waals surface area contributed by atoms with Gasteiger partial charge in [0.25, 0.3) is 0 Å². The largest absolute Gasteiger partial charge is 0.256 e. The molecule has 0 spiro atoms. The molecule has 2 nitrogen and oxygen atoms in total. The van der Waals surface area contributed by atoms with Gasteiger partial charge in [0.05, 0.1) is 11.0 Å². The van der Waals surface area contributed by atoms with Crippen LogP contribution in [0, 0.1) is 0 Å². The van der Waals surface area contributed by atoms with Crippen molar-refractivity contribution in [1.29, 1.82) is 0 Å². The summed E-state index contributed by atoms with van der Waals surface area (Å²) in [6.07, 6.45) is 3.82. The van der Waals surface area contributed by atoms with E-state index >= 15 is 0 Å². The Morgan fingerprint density at radius 1 is 0.275 bits per heavy atom. The minimum absolute atomic E-state index is 1.08. The summed E-state index contributed by atoms with van der Waals surface area (Å²) in [6.45, 7) is 0. The molecule has 184 valence electrons. The molecule has 2 heteroatoms. The van der Waals surface area contributed by atoms with Crippen LogP contribution in [0.15, 0.2) is 134 Å². The highest BCUT2D eigenvalue weighted by Crippen LogP contribution is 2.40. The molecule has 0 aliphatic carbocycles. The molecule has 0 aliphatic heterocycles. The third kappa shape index (κ3) is 2.88. The highest BCUT2D eigenvalue weighted by molar-refractivity contribution is 6.33. The first-order chi connectivity index (χ1) is 19.9. The standard InChI is InChI=1S/2C19H11N/c2*1-4-12-5-2-7-14-16-10-11-20-17-9-3-8-15(19(16)17)13(6-1)18(12)14/h2*1-11H. The summed E-state index contributed by atoms with van der Waals surface area (Å²) in [6, 6.07) is 43.3. The Bertz CT molecular complexity index is 2030. The van der Waals surface area contributed by atoms with Crippen molar-refractivity contribution in [3.63, 3.8) is 0 Å². The van der Waals surface area contributed by atoms with Crippen LogP contribution in [0.3, 0.4) is 0 Å². The maximum Gasteiger partial charge on any atom is 0.0714 e. The Morgan fingerprint density at radius 2 is 0.575 bits per heavy atom. The number of aromatic nitrogens is 2. The van der Waals surface area contributed by atoms with Gasteiger partial charge >= 0.3 is 0 Å². The smallest absolute Gasteiger partial charge is 0.0714 e. The maximum absolute atomic E-state index is 4.52. The van der Waals surface area contributed by atoms with Crippen molar-refractivity contribution in [2.75, 3.05) is 0 Å². The van der Waals surface area contributed by atoms with E-state index in [9.17, 15) is 0 Å². The van der Waals surface area contributed by atoms with Crippen LogP contribution in [0.5, 0.6) is 0 Å². The second-order valence-corrected chi connectivity index (χ2v) is 10.5. The highest BCUT2D eigenvalue weighted by Gasteiger charge is 2.13. The van der Waals surface area contributed by atoms with E-state index < -0.39 is 0 Å². The number of benzene rings is 8. The number of hydrogen-bond acceptors (Lipinski definition) is 2. The van der Waals surface area contributed by atoms with Crippen molar-refractivity contribution in [3.8, 4) is 0 Å². The van der Waals surface area contributed by atoms with Gasteiger partial charge in [-0.05, 0) is 88.9 Å². The van der Waals surface area contributed by atoms with Crippen molar-refractivity contribution < 1.29 is 0 Å². The van der Waals surface area contributed by atoms with Gasteiger partial charge in [-0.1, -0.05) is 97.1 Å². The quantitative estimate of drug-likeness (QED) is 0.151. The Labute approximate surface area is 229 Å². The van der Waals surface area contributed by atoms with Crippen LogP contribution in [0.1, 0.15) is 0 Å². The summed E-state index contributed by atoms with van der Waals surface area (Å²) >= 11 is 0. The van der Waals surface area contributed by atoms with Gasteiger partial charge in [0.1, 0.15) is 0 Å². The summed E-state index contributed by atoms with van der Waals surface area (Å²) in [5, 5.41) is 18.4. The molecule has 0 unspecified atom stereocenters. The molecule has 0 aliphatic rings. The molecule has 2 heterocycles. The van der Waals surface area contributed by atoms with E-state index in [1.54, 1.807) is 0 Å². The van der Waals surface area contributed by atoms with E-state index in [1.807, 2.05) is 12.4 Å². The molecule has 10 rings (SSSR count). The van der Waals surface area contributed by atoms with E-state index in [0.717, 1.165) is 11.0 Å². The lowest BCUT2D eigenvalue weighted by molar-refractivity contribution is 1.43.